The predicted octanol–water partition coefficient (Wildman–Crippen LogP) is 4.38. The number of rotatable bonds is 2. The van der Waals surface area contributed by atoms with Gasteiger partial charge in [0.05, 0.1) is 0 Å². The molecule has 1 heterocycles. The zero-order valence-corrected chi connectivity index (χ0v) is 13.0. The van der Waals surface area contributed by atoms with E-state index in [1.54, 1.807) is 0 Å². The third-order valence-electron chi connectivity index (χ3n) is 5.39. The number of hydrogen-bond donors (Lipinski definition) is 1. The Morgan fingerprint density at radius 1 is 1.30 bits per heavy atom. The van der Waals surface area contributed by atoms with Crippen molar-refractivity contribution in [2.75, 3.05) is 7.05 Å². The van der Waals surface area contributed by atoms with Crippen molar-refractivity contribution in [3.05, 3.63) is 29.3 Å². The van der Waals surface area contributed by atoms with Crippen molar-refractivity contribution in [1.82, 2.24) is 5.32 Å². The van der Waals surface area contributed by atoms with Crippen LogP contribution < -0.4 is 10.1 Å². The molecular weight excluding hydrogens is 246 g/mol. The van der Waals surface area contributed by atoms with Crippen LogP contribution in [0.1, 0.15) is 62.6 Å². The molecule has 1 aliphatic carbocycles. The second-order valence-electron chi connectivity index (χ2n) is 6.72. The normalized spacial score (nSPS) is 32.8. The van der Waals surface area contributed by atoms with Gasteiger partial charge in [0, 0.05) is 18.0 Å². The Bertz CT molecular complexity index is 474. The van der Waals surface area contributed by atoms with Gasteiger partial charge in [-0.3, -0.25) is 0 Å². The van der Waals surface area contributed by atoms with Gasteiger partial charge in [0.2, 0.25) is 0 Å². The minimum Gasteiger partial charge on any atom is -0.487 e. The van der Waals surface area contributed by atoms with Crippen LogP contribution in [0.3, 0.4) is 0 Å². The molecule has 1 unspecified atom stereocenters. The third kappa shape index (κ3) is 2.46. The number of benzene rings is 1. The third-order valence-corrected chi connectivity index (χ3v) is 5.39. The highest BCUT2D eigenvalue weighted by Crippen LogP contribution is 2.47. The zero-order chi connectivity index (χ0) is 14.2. The second kappa shape index (κ2) is 5.40. The summed E-state index contributed by atoms with van der Waals surface area (Å²) in [5.74, 6) is 2.02. The van der Waals surface area contributed by atoms with Gasteiger partial charge in [-0.1, -0.05) is 31.0 Å². The van der Waals surface area contributed by atoms with Gasteiger partial charge in [-0.25, -0.2) is 0 Å². The molecule has 1 fully saturated rings. The predicted molar refractivity (Wildman–Crippen MR) is 83.2 cm³/mol. The number of ether oxygens (including phenoxy) is 1. The highest BCUT2D eigenvalue weighted by atomic mass is 16.5. The Hall–Kier alpha value is -1.02. The number of aryl methyl sites for hydroxylation is 1. The van der Waals surface area contributed by atoms with E-state index in [1.165, 1.54) is 43.2 Å². The van der Waals surface area contributed by atoms with Crippen molar-refractivity contribution < 1.29 is 4.74 Å². The van der Waals surface area contributed by atoms with Crippen LogP contribution in [-0.4, -0.2) is 12.6 Å². The molecule has 1 saturated carbocycles. The maximum absolute atomic E-state index is 6.50. The molecule has 2 heteroatoms. The van der Waals surface area contributed by atoms with Crippen molar-refractivity contribution in [3.63, 3.8) is 0 Å². The number of hydrogen-bond acceptors (Lipinski definition) is 2. The summed E-state index contributed by atoms with van der Waals surface area (Å²) in [5.41, 5.74) is 2.75. The summed E-state index contributed by atoms with van der Waals surface area (Å²) < 4.78 is 6.50. The molecule has 1 N–H and O–H groups in total. The van der Waals surface area contributed by atoms with E-state index < -0.39 is 0 Å². The van der Waals surface area contributed by atoms with E-state index in [-0.39, 0.29) is 5.60 Å². The lowest BCUT2D eigenvalue weighted by Gasteiger charge is -2.46. The molecule has 2 aliphatic rings. The van der Waals surface area contributed by atoms with Crippen LogP contribution in [0.25, 0.3) is 0 Å². The lowest BCUT2D eigenvalue weighted by atomic mass is 9.73. The summed E-state index contributed by atoms with van der Waals surface area (Å²) >= 11 is 0. The molecule has 2 nitrogen and oxygen atoms in total. The smallest absolute Gasteiger partial charge is 0.124 e. The van der Waals surface area contributed by atoms with Crippen molar-refractivity contribution in [3.8, 4) is 5.75 Å². The highest BCUT2D eigenvalue weighted by Gasteiger charge is 2.42. The minimum atomic E-state index is 0.0849. The first kappa shape index (κ1) is 13.9. The fraction of sp³-hybridized carbons (Fsp3) is 0.667. The molecule has 110 valence electrons. The van der Waals surface area contributed by atoms with Gasteiger partial charge < -0.3 is 10.1 Å². The summed E-state index contributed by atoms with van der Waals surface area (Å²) in [6.07, 6.45) is 7.54. The fourth-order valence-corrected chi connectivity index (χ4v) is 3.97. The Morgan fingerprint density at radius 3 is 2.70 bits per heavy atom. The van der Waals surface area contributed by atoms with E-state index in [2.05, 4.69) is 44.4 Å². The maximum atomic E-state index is 6.50. The lowest BCUT2D eigenvalue weighted by Crippen LogP contribution is -2.46. The van der Waals surface area contributed by atoms with E-state index in [0.717, 1.165) is 18.1 Å². The van der Waals surface area contributed by atoms with Gasteiger partial charge in [-0.05, 0) is 51.6 Å². The van der Waals surface area contributed by atoms with Gasteiger partial charge in [0.15, 0.2) is 0 Å². The molecule has 0 bridgehead atoms. The van der Waals surface area contributed by atoms with E-state index in [9.17, 15) is 0 Å². The SMILES string of the molecule is CCC1CCC2(CC1)CC(NC)c1cc(C)ccc1O2. The van der Waals surface area contributed by atoms with Crippen molar-refractivity contribution >= 4 is 0 Å². The van der Waals surface area contributed by atoms with Gasteiger partial charge >= 0.3 is 0 Å². The van der Waals surface area contributed by atoms with Crippen LogP contribution in [0.5, 0.6) is 5.75 Å². The van der Waals surface area contributed by atoms with Crippen LogP contribution in [0.15, 0.2) is 18.2 Å². The summed E-state index contributed by atoms with van der Waals surface area (Å²) in [5, 5.41) is 3.50. The Morgan fingerprint density at radius 2 is 2.05 bits per heavy atom. The first-order chi connectivity index (χ1) is 9.65. The van der Waals surface area contributed by atoms with Crippen LogP contribution in [0.4, 0.5) is 0 Å². The molecule has 20 heavy (non-hydrogen) atoms. The first-order valence-electron chi connectivity index (χ1n) is 8.12. The Kier molecular flexibility index (Phi) is 3.76. The van der Waals surface area contributed by atoms with Gasteiger partial charge in [0.25, 0.3) is 0 Å². The van der Waals surface area contributed by atoms with E-state index in [4.69, 9.17) is 4.74 Å². The number of nitrogens with one attached hydrogen (secondary N) is 1. The van der Waals surface area contributed by atoms with Crippen molar-refractivity contribution in [1.29, 1.82) is 0 Å². The molecule has 1 aromatic carbocycles. The summed E-state index contributed by atoms with van der Waals surface area (Å²) in [7, 11) is 2.08. The van der Waals surface area contributed by atoms with E-state index in [1.807, 2.05) is 0 Å². The highest BCUT2D eigenvalue weighted by molar-refractivity contribution is 5.41. The second-order valence-corrected chi connectivity index (χ2v) is 6.72. The van der Waals surface area contributed by atoms with Gasteiger partial charge in [-0.15, -0.1) is 0 Å². The molecule has 0 amide bonds. The average Bonchev–Trinajstić information content (AvgIpc) is 2.48. The van der Waals surface area contributed by atoms with Crippen molar-refractivity contribution in [2.45, 2.75) is 64.0 Å². The molecular formula is C18H27NO. The summed E-state index contributed by atoms with van der Waals surface area (Å²) in [6.45, 7) is 4.47. The standard InChI is InChI=1S/C18H27NO/c1-4-14-7-9-18(10-8-14)12-16(19-3)15-11-13(2)5-6-17(15)20-18/h5-6,11,14,16,19H,4,7-10,12H2,1-3H3. The van der Waals surface area contributed by atoms with Crippen LogP contribution in [0.2, 0.25) is 0 Å². The Labute approximate surface area is 122 Å². The minimum absolute atomic E-state index is 0.0849. The molecule has 3 rings (SSSR count). The monoisotopic (exact) mass is 273 g/mol. The van der Waals surface area contributed by atoms with E-state index >= 15 is 0 Å². The van der Waals surface area contributed by atoms with Crippen LogP contribution in [0, 0.1) is 12.8 Å². The molecule has 1 aliphatic heterocycles. The maximum Gasteiger partial charge on any atom is 0.124 e. The quantitative estimate of drug-likeness (QED) is 0.863. The Balaban J connectivity index is 1.86. The molecule has 0 aromatic heterocycles. The summed E-state index contributed by atoms with van der Waals surface area (Å²) in [6, 6.07) is 7.06. The molecule has 1 aromatic rings. The molecule has 1 spiro atoms. The molecule has 0 radical (unpaired) electrons. The van der Waals surface area contributed by atoms with E-state index in [0.29, 0.717) is 6.04 Å². The topological polar surface area (TPSA) is 21.3 Å². The largest absolute Gasteiger partial charge is 0.487 e. The lowest BCUT2D eigenvalue weighted by molar-refractivity contribution is -0.0143. The average molecular weight is 273 g/mol. The fourth-order valence-electron chi connectivity index (χ4n) is 3.97. The number of fused-ring (bicyclic) bond motifs is 1. The molecule has 1 atom stereocenters. The molecule has 0 saturated heterocycles. The van der Waals surface area contributed by atoms with Gasteiger partial charge in [0.1, 0.15) is 11.4 Å². The van der Waals surface area contributed by atoms with Crippen molar-refractivity contribution in [2.24, 2.45) is 5.92 Å². The van der Waals surface area contributed by atoms with Crippen LogP contribution in [-0.2, 0) is 0 Å². The zero-order valence-electron chi connectivity index (χ0n) is 13.0. The summed E-state index contributed by atoms with van der Waals surface area (Å²) in [4.78, 5) is 0. The van der Waals surface area contributed by atoms with Gasteiger partial charge in [-0.2, -0.15) is 0 Å². The van der Waals surface area contributed by atoms with Crippen LogP contribution >= 0.6 is 0 Å². The first-order valence-corrected chi connectivity index (χ1v) is 8.12.